The molecule has 0 aromatic rings. The fraction of sp³-hybridized carbons (Fsp3) is 0.667. The summed E-state index contributed by atoms with van der Waals surface area (Å²) in [6, 6.07) is 0. The van der Waals surface area contributed by atoms with Crippen molar-refractivity contribution in [1.29, 1.82) is 0 Å². The predicted molar refractivity (Wildman–Crippen MR) is 57.1 cm³/mol. The van der Waals surface area contributed by atoms with E-state index in [1.165, 1.54) is 49.2 Å². The van der Waals surface area contributed by atoms with Crippen molar-refractivity contribution in [2.24, 2.45) is 5.92 Å². The van der Waals surface area contributed by atoms with Crippen LogP contribution in [0.25, 0.3) is 0 Å². The van der Waals surface area contributed by atoms with Gasteiger partial charge in [-0.1, -0.05) is 32.1 Å². The molecule has 2 amide bonds. The average molecular weight is 207 g/mol. The molecule has 0 atom stereocenters. The van der Waals surface area contributed by atoms with Gasteiger partial charge in [-0.3, -0.25) is 14.5 Å². The van der Waals surface area contributed by atoms with Gasteiger partial charge in [0.05, 0.1) is 0 Å². The minimum absolute atomic E-state index is 0.143. The van der Waals surface area contributed by atoms with Crippen molar-refractivity contribution in [1.82, 2.24) is 4.90 Å². The van der Waals surface area contributed by atoms with E-state index in [1.54, 1.807) is 0 Å². The molecular weight excluding hydrogens is 190 g/mol. The van der Waals surface area contributed by atoms with Crippen LogP contribution in [0.1, 0.15) is 38.5 Å². The summed E-state index contributed by atoms with van der Waals surface area (Å²) in [5, 5.41) is 0. The molecular formula is C12H17NO2. The first-order valence-corrected chi connectivity index (χ1v) is 5.81. The number of hydrogen-bond acceptors (Lipinski definition) is 2. The minimum Gasteiger partial charge on any atom is -0.275 e. The average Bonchev–Trinajstić information content (AvgIpc) is 2.58. The molecule has 1 saturated carbocycles. The molecule has 0 radical (unpaired) electrons. The van der Waals surface area contributed by atoms with Crippen molar-refractivity contribution < 1.29 is 9.59 Å². The molecule has 0 spiro atoms. The quantitative estimate of drug-likeness (QED) is 0.663. The van der Waals surface area contributed by atoms with E-state index in [9.17, 15) is 9.59 Å². The second kappa shape index (κ2) is 4.60. The normalized spacial score (nSPS) is 22.8. The van der Waals surface area contributed by atoms with Crippen LogP contribution in [0.4, 0.5) is 0 Å². The Balaban J connectivity index is 1.77. The molecule has 0 bridgehead atoms. The monoisotopic (exact) mass is 207 g/mol. The van der Waals surface area contributed by atoms with E-state index >= 15 is 0 Å². The van der Waals surface area contributed by atoms with Crippen molar-refractivity contribution in [3.63, 3.8) is 0 Å². The Morgan fingerprint density at radius 3 is 2.27 bits per heavy atom. The molecule has 15 heavy (non-hydrogen) atoms. The lowest BCUT2D eigenvalue weighted by atomic mass is 9.87. The smallest absolute Gasteiger partial charge is 0.253 e. The summed E-state index contributed by atoms with van der Waals surface area (Å²) in [5.74, 6) is 0.437. The molecule has 1 fully saturated rings. The van der Waals surface area contributed by atoms with Crippen LogP contribution >= 0.6 is 0 Å². The summed E-state index contributed by atoms with van der Waals surface area (Å²) in [6.45, 7) is 0.606. The van der Waals surface area contributed by atoms with Crippen molar-refractivity contribution in [3.8, 4) is 0 Å². The van der Waals surface area contributed by atoms with Crippen LogP contribution in [0, 0.1) is 5.92 Å². The second-order valence-corrected chi connectivity index (χ2v) is 4.45. The van der Waals surface area contributed by atoms with Gasteiger partial charge in [-0.25, -0.2) is 0 Å². The topological polar surface area (TPSA) is 37.4 Å². The molecule has 0 aromatic heterocycles. The van der Waals surface area contributed by atoms with Crippen LogP contribution in [0.2, 0.25) is 0 Å². The Kier molecular flexibility index (Phi) is 3.19. The maximum Gasteiger partial charge on any atom is 0.253 e. The number of hydrogen-bond donors (Lipinski definition) is 0. The first-order valence-electron chi connectivity index (χ1n) is 5.81. The van der Waals surface area contributed by atoms with Crippen molar-refractivity contribution in [3.05, 3.63) is 12.2 Å². The van der Waals surface area contributed by atoms with E-state index in [-0.39, 0.29) is 11.8 Å². The fourth-order valence-corrected chi connectivity index (χ4v) is 2.44. The zero-order chi connectivity index (χ0) is 10.7. The van der Waals surface area contributed by atoms with E-state index in [1.807, 2.05) is 0 Å². The Hall–Kier alpha value is -1.12. The van der Waals surface area contributed by atoms with E-state index < -0.39 is 0 Å². The number of nitrogens with zero attached hydrogens (tertiary/aromatic N) is 1. The minimum atomic E-state index is -0.143. The van der Waals surface area contributed by atoms with Gasteiger partial charge in [-0.2, -0.15) is 0 Å². The summed E-state index contributed by atoms with van der Waals surface area (Å²) in [4.78, 5) is 23.9. The van der Waals surface area contributed by atoms with Gasteiger partial charge >= 0.3 is 0 Å². The molecule has 3 heteroatoms. The molecule has 3 nitrogen and oxygen atoms in total. The molecule has 0 aromatic carbocycles. The standard InChI is InChI=1S/C12H17NO2/c14-11-6-7-12(15)13(11)9-8-10-4-2-1-3-5-10/h6-7,10H,1-5,8-9H2. The van der Waals surface area contributed by atoms with E-state index in [4.69, 9.17) is 0 Å². The molecule has 2 rings (SSSR count). The van der Waals surface area contributed by atoms with Gasteiger partial charge in [0.15, 0.2) is 0 Å². The molecule has 1 aliphatic heterocycles. The Labute approximate surface area is 90.1 Å². The van der Waals surface area contributed by atoms with Gasteiger partial charge in [-0.15, -0.1) is 0 Å². The Morgan fingerprint density at radius 1 is 1.07 bits per heavy atom. The highest BCUT2D eigenvalue weighted by Gasteiger charge is 2.24. The number of imide groups is 1. The van der Waals surface area contributed by atoms with E-state index in [0.717, 1.165) is 12.3 Å². The molecule has 2 aliphatic rings. The summed E-state index contributed by atoms with van der Waals surface area (Å²) >= 11 is 0. The maximum absolute atomic E-state index is 11.3. The Bertz CT molecular complexity index is 272. The maximum atomic E-state index is 11.3. The zero-order valence-electron chi connectivity index (χ0n) is 8.95. The second-order valence-electron chi connectivity index (χ2n) is 4.45. The van der Waals surface area contributed by atoms with Crippen LogP contribution in [0.15, 0.2) is 12.2 Å². The van der Waals surface area contributed by atoms with Gasteiger partial charge < -0.3 is 0 Å². The molecule has 0 saturated heterocycles. The first-order chi connectivity index (χ1) is 7.27. The summed E-state index contributed by atoms with van der Waals surface area (Å²) in [6.07, 6.45) is 10.2. The van der Waals surface area contributed by atoms with Crippen LogP contribution in [-0.2, 0) is 9.59 Å². The third kappa shape index (κ3) is 2.46. The van der Waals surface area contributed by atoms with Gasteiger partial charge in [0.2, 0.25) is 0 Å². The van der Waals surface area contributed by atoms with Gasteiger partial charge in [0.25, 0.3) is 11.8 Å². The fourth-order valence-electron chi connectivity index (χ4n) is 2.44. The summed E-state index contributed by atoms with van der Waals surface area (Å²) < 4.78 is 0. The lowest BCUT2D eigenvalue weighted by molar-refractivity contribution is -0.137. The molecule has 1 heterocycles. The third-order valence-electron chi connectivity index (χ3n) is 3.39. The summed E-state index contributed by atoms with van der Waals surface area (Å²) in [7, 11) is 0. The van der Waals surface area contributed by atoms with Gasteiger partial charge in [-0.05, 0) is 12.3 Å². The highest BCUT2D eigenvalue weighted by molar-refractivity contribution is 6.12. The van der Waals surface area contributed by atoms with Gasteiger partial charge in [0.1, 0.15) is 0 Å². The van der Waals surface area contributed by atoms with Crippen LogP contribution in [0.5, 0.6) is 0 Å². The Morgan fingerprint density at radius 2 is 1.67 bits per heavy atom. The number of carbonyl (C=O) groups excluding carboxylic acids is 2. The van der Waals surface area contributed by atoms with Crippen LogP contribution < -0.4 is 0 Å². The highest BCUT2D eigenvalue weighted by atomic mass is 16.2. The van der Waals surface area contributed by atoms with Crippen molar-refractivity contribution >= 4 is 11.8 Å². The van der Waals surface area contributed by atoms with Gasteiger partial charge in [0, 0.05) is 18.7 Å². The number of carbonyl (C=O) groups is 2. The lowest BCUT2D eigenvalue weighted by Gasteiger charge is -2.23. The zero-order valence-corrected chi connectivity index (χ0v) is 8.95. The molecule has 0 N–H and O–H groups in total. The lowest BCUT2D eigenvalue weighted by Crippen LogP contribution is -2.32. The SMILES string of the molecule is O=C1C=CC(=O)N1CCC1CCCCC1. The molecule has 0 unspecified atom stereocenters. The molecule has 82 valence electrons. The number of amides is 2. The van der Waals surface area contributed by atoms with Crippen molar-refractivity contribution in [2.75, 3.05) is 6.54 Å². The van der Waals surface area contributed by atoms with Crippen LogP contribution in [-0.4, -0.2) is 23.3 Å². The van der Waals surface area contributed by atoms with E-state index in [2.05, 4.69) is 0 Å². The van der Waals surface area contributed by atoms with E-state index in [0.29, 0.717) is 6.54 Å². The predicted octanol–water partition coefficient (Wildman–Crippen LogP) is 1.88. The van der Waals surface area contributed by atoms with Crippen LogP contribution in [0.3, 0.4) is 0 Å². The number of rotatable bonds is 3. The molecule has 1 aliphatic carbocycles. The largest absolute Gasteiger partial charge is 0.275 e. The third-order valence-corrected chi connectivity index (χ3v) is 3.39. The highest BCUT2D eigenvalue weighted by Crippen LogP contribution is 2.26. The first kappa shape index (κ1) is 10.4. The van der Waals surface area contributed by atoms with Crippen molar-refractivity contribution in [2.45, 2.75) is 38.5 Å². The summed E-state index contributed by atoms with van der Waals surface area (Å²) in [5.41, 5.74) is 0.